The number of hydrogen-bond acceptors (Lipinski definition) is 1. The number of benzene rings is 1. The van der Waals surface area contributed by atoms with Gasteiger partial charge in [-0.05, 0) is 51.8 Å². The monoisotopic (exact) mass is 289 g/mol. The third-order valence-electron chi connectivity index (χ3n) is 2.06. The molecule has 1 N–H and O–H groups in total. The Morgan fingerprint density at radius 1 is 1.23 bits per heavy atom. The van der Waals surface area contributed by atoms with Crippen molar-refractivity contribution in [3.8, 4) is 0 Å². The van der Waals surface area contributed by atoms with Gasteiger partial charge in [0.05, 0.1) is 0 Å². The normalized spacial score (nSPS) is 11.5. The van der Waals surface area contributed by atoms with E-state index in [0.29, 0.717) is 0 Å². The second-order valence-corrected chi connectivity index (χ2v) is 5.44. The fourth-order valence-electron chi connectivity index (χ4n) is 1.35. The third-order valence-corrected chi connectivity index (χ3v) is 2.73. The Labute approximate surface area is 94.1 Å². The largest absolute Gasteiger partial charge is 0.388 e. The van der Waals surface area contributed by atoms with E-state index in [-0.39, 0.29) is 5.41 Å². The number of anilines is 1. The molecule has 1 aromatic rings. The van der Waals surface area contributed by atoms with Crippen molar-refractivity contribution in [3.05, 3.63) is 27.3 Å². The van der Waals surface area contributed by atoms with Gasteiger partial charge in [0, 0.05) is 16.3 Å². The quantitative estimate of drug-likeness (QED) is 0.778. The molecule has 1 rings (SSSR count). The van der Waals surface area contributed by atoms with Gasteiger partial charge >= 0.3 is 0 Å². The predicted molar refractivity (Wildman–Crippen MR) is 67.4 cm³/mol. The molecule has 72 valence electrons. The van der Waals surface area contributed by atoms with Crippen LogP contribution in [0.5, 0.6) is 0 Å². The van der Waals surface area contributed by atoms with Crippen LogP contribution >= 0.6 is 22.6 Å². The summed E-state index contributed by atoms with van der Waals surface area (Å²) < 4.78 is 1.29. The molecule has 0 heterocycles. The maximum absolute atomic E-state index is 3.23. The van der Waals surface area contributed by atoms with E-state index in [1.807, 2.05) is 7.05 Å². The van der Waals surface area contributed by atoms with Crippen molar-refractivity contribution >= 4 is 28.3 Å². The van der Waals surface area contributed by atoms with Crippen LogP contribution in [-0.4, -0.2) is 7.05 Å². The molecule has 0 radical (unpaired) electrons. The van der Waals surface area contributed by atoms with Crippen molar-refractivity contribution in [1.29, 1.82) is 0 Å². The number of halogens is 1. The first-order valence-corrected chi connectivity index (χ1v) is 5.51. The second kappa shape index (κ2) is 3.86. The third kappa shape index (κ3) is 2.59. The highest BCUT2D eigenvalue weighted by Gasteiger charge is 2.17. The van der Waals surface area contributed by atoms with Crippen LogP contribution in [0.3, 0.4) is 0 Å². The fraction of sp³-hybridized carbons (Fsp3) is 0.455. The van der Waals surface area contributed by atoms with Gasteiger partial charge in [-0.25, -0.2) is 0 Å². The van der Waals surface area contributed by atoms with E-state index in [4.69, 9.17) is 0 Å². The van der Waals surface area contributed by atoms with Crippen LogP contribution in [0.1, 0.15) is 26.3 Å². The van der Waals surface area contributed by atoms with Gasteiger partial charge in [-0.3, -0.25) is 0 Å². The maximum atomic E-state index is 3.23. The SMILES string of the molecule is CNc1ccc(I)cc1C(C)(C)C. The highest BCUT2D eigenvalue weighted by atomic mass is 127. The molecule has 2 heteroatoms. The van der Waals surface area contributed by atoms with E-state index in [1.54, 1.807) is 0 Å². The molecule has 1 nitrogen and oxygen atoms in total. The molecule has 0 saturated carbocycles. The highest BCUT2D eigenvalue weighted by Crippen LogP contribution is 2.30. The molecule has 0 aromatic heterocycles. The van der Waals surface area contributed by atoms with E-state index in [9.17, 15) is 0 Å². The molecule has 0 aliphatic carbocycles. The molecular weight excluding hydrogens is 273 g/mol. The molecule has 0 saturated heterocycles. The Morgan fingerprint density at radius 2 is 1.85 bits per heavy atom. The topological polar surface area (TPSA) is 12.0 Å². The van der Waals surface area contributed by atoms with Crippen molar-refractivity contribution in [1.82, 2.24) is 0 Å². The number of nitrogens with one attached hydrogen (secondary N) is 1. The molecule has 0 fully saturated rings. The minimum atomic E-state index is 0.208. The molecule has 0 atom stereocenters. The van der Waals surface area contributed by atoms with Gasteiger partial charge in [0.1, 0.15) is 0 Å². The first-order chi connectivity index (χ1) is 5.95. The average Bonchev–Trinajstić information content (AvgIpc) is 2.03. The summed E-state index contributed by atoms with van der Waals surface area (Å²) in [5, 5.41) is 3.23. The minimum Gasteiger partial charge on any atom is -0.388 e. The lowest BCUT2D eigenvalue weighted by Crippen LogP contribution is -2.14. The first-order valence-electron chi connectivity index (χ1n) is 4.43. The van der Waals surface area contributed by atoms with E-state index < -0.39 is 0 Å². The lowest BCUT2D eigenvalue weighted by atomic mass is 9.86. The summed E-state index contributed by atoms with van der Waals surface area (Å²) in [5.74, 6) is 0. The zero-order valence-corrected chi connectivity index (χ0v) is 10.8. The first kappa shape index (κ1) is 10.8. The Bertz CT molecular complexity index is 299. The van der Waals surface area contributed by atoms with Gasteiger partial charge in [0.25, 0.3) is 0 Å². The zero-order chi connectivity index (χ0) is 10.1. The summed E-state index contributed by atoms with van der Waals surface area (Å²) in [6.07, 6.45) is 0. The molecule has 0 amide bonds. The van der Waals surface area contributed by atoms with Gasteiger partial charge in [-0.15, -0.1) is 0 Å². The van der Waals surface area contributed by atoms with Crippen molar-refractivity contribution in [3.63, 3.8) is 0 Å². The van der Waals surface area contributed by atoms with Crippen molar-refractivity contribution < 1.29 is 0 Å². The Balaban J connectivity index is 3.24. The van der Waals surface area contributed by atoms with Crippen LogP contribution in [0.2, 0.25) is 0 Å². The Hall–Kier alpha value is -0.250. The van der Waals surface area contributed by atoms with Gasteiger partial charge in [0.15, 0.2) is 0 Å². The van der Waals surface area contributed by atoms with Gasteiger partial charge in [0.2, 0.25) is 0 Å². The summed E-state index contributed by atoms with van der Waals surface area (Å²) in [5.41, 5.74) is 2.81. The van der Waals surface area contributed by atoms with Crippen LogP contribution in [0.4, 0.5) is 5.69 Å². The molecule has 1 aromatic carbocycles. The van der Waals surface area contributed by atoms with Crippen molar-refractivity contribution in [2.75, 3.05) is 12.4 Å². The van der Waals surface area contributed by atoms with Crippen LogP contribution in [0.25, 0.3) is 0 Å². The minimum absolute atomic E-state index is 0.208. The molecule has 0 spiro atoms. The molecular formula is C11H16IN. The highest BCUT2D eigenvalue weighted by molar-refractivity contribution is 14.1. The number of rotatable bonds is 1. The van der Waals surface area contributed by atoms with Crippen LogP contribution in [0.15, 0.2) is 18.2 Å². The van der Waals surface area contributed by atoms with Crippen molar-refractivity contribution in [2.45, 2.75) is 26.2 Å². The Kier molecular flexibility index (Phi) is 3.22. The van der Waals surface area contributed by atoms with E-state index >= 15 is 0 Å². The molecule has 0 aliphatic rings. The van der Waals surface area contributed by atoms with Gasteiger partial charge in [-0.2, -0.15) is 0 Å². The van der Waals surface area contributed by atoms with E-state index in [1.165, 1.54) is 14.8 Å². The van der Waals surface area contributed by atoms with Crippen LogP contribution in [0, 0.1) is 3.57 Å². The second-order valence-electron chi connectivity index (χ2n) is 4.19. The van der Waals surface area contributed by atoms with Crippen LogP contribution in [-0.2, 0) is 5.41 Å². The summed E-state index contributed by atoms with van der Waals surface area (Å²) in [6, 6.07) is 6.51. The van der Waals surface area contributed by atoms with Crippen molar-refractivity contribution in [2.24, 2.45) is 0 Å². The zero-order valence-electron chi connectivity index (χ0n) is 8.61. The maximum Gasteiger partial charge on any atom is 0.0376 e. The molecule has 13 heavy (non-hydrogen) atoms. The Morgan fingerprint density at radius 3 is 2.31 bits per heavy atom. The summed E-state index contributed by atoms with van der Waals surface area (Å²) in [7, 11) is 1.97. The summed E-state index contributed by atoms with van der Waals surface area (Å²) in [6.45, 7) is 6.71. The number of hydrogen-bond donors (Lipinski definition) is 1. The van der Waals surface area contributed by atoms with E-state index in [0.717, 1.165) is 0 Å². The lowest BCUT2D eigenvalue weighted by Gasteiger charge is -2.22. The van der Waals surface area contributed by atoms with E-state index in [2.05, 4.69) is 66.9 Å². The summed E-state index contributed by atoms with van der Waals surface area (Å²) >= 11 is 2.35. The smallest absolute Gasteiger partial charge is 0.0376 e. The predicted octanol–water partition coefficient (Wildman–Crippen LogP) is 3.63. The van der Waals surface area contributed by atoms with Gasteiger partial charge < -0.3 is 5.32 Å². The van der Waals surface area contributed by atoms with Crippen LogP contribution < -0.4 is 5.32 Å². The molecule has 0 bridgehead atoms. The van der Waals surface area contributed by atoms with Gasteiger partial charge in [-0.1, -0.05) is 20.8 Å². The lowest BCUT2D eigenvalue weighted by molar-refractivity contribution is 0.591. The summed E-state index contributed by atoms with van der Waals surface area (Å²) in [4.78, 5) is 0. The average molecular weight is 289 g/mol. The fourth-order valence-corrected chi connectivity index (χ4v) is 1.85. The standard InChI is InChI=1S/C11H16IN/c1-11(2,3)9-7-8(12)5-6-10(9)13-4/h5-7,13H,1-4H3. The molecule has 0 unspecified atom stereocenters. The molecule has 0 aliphatic heterocycles.